The molecule has 1 aliphatic rings. The summed E-state index contributed by atoms with van der Waals surface area (Å²) in [4.78, 5) is 5.92. The van der Waals surface area contributed by atoms with Crippen molar-refractivity contribution in [1.82, 2.24) is 0 Å². The van der Waals surface area contributed by atoms with Crippen molar-refractivity contribution in [3.8, 4) is 15.5 Å². The van der Waals surface area contributed by atoms with Crippen molar-refractivity contribution >= 4 is 35.9 Å². The molecule has 0 atom stereocenters. The molecule has 0 N–H and O–H groups in total. The Bertz CT molecular complexity index is 1140. The Labute approximate surface area is 209 Å². The third-order valence-electron chi connectivity index (χ3n) is 7.33. The molecule has 3 aromatic rings. The molecule has 176 valence electrons. The number of rotatable bonds is 7. The predicted octanol–water partition coefficient (Wildman–Crippen LogP) is 8.64. The lowest BCUT2D eigenvalue weighted by molar-refractivity contribution is 0.353. The Morgan fingerprint density at radius 1 is 0.939 bits per heavy atom. The van der Waals surface area contributed by atoms with E-state index in [4.69, 9.17) is 4.74 Å². The average molecular weight is 495 g/mol. The van der Waals surface area contributed by atoms with Crippen LogP contribution in [0.15, 0.2) is 36.9 Å². The molecule has 4 rings (SSSR count). The van der Waals surface area contributed by atoms with Crippen LogP contribution in [0.4, 0.5) is 0 Å². The topological polar surface area (TPSA) is 9.23 Å². The predicted molar refractivity (Wildman–Crippen MR) is 151 cm³/mol. The number of thiophene rings is 2. The molecule has 0 amide bonds. The maximum atomic E-state index is 6.58. The van der Waals surface area contributed by atoms with Crippen LogP contribution in [0.5, 0.6) is 5.75 Å². The number of hydrogen-bond donors (Lipinski definition) is 0. The van der Waals surface area contributed by atoms with Gasteiger partial charge in [0.2, 0.25) is 0 Å². The van der Waals surface area contributed by atoms with Gasteiger partial charge in [0.25, 0.3) is 0 Å². The Balaban J connectivity index is 2.05. The summed E-state index contributed by atoms with van der Waals surface area (Å²) in [7, 11) is -2.04. The van der Waals surface area contributed by atoms with Crippen LogP contribution in [0.25, 0.3) is 9.75 Å². The molecule has 0 unspecified atom stereocenters. The van der Waals surface area contributed by atoms with Gasteiger partial charge in [-0.15, -0.1) is 22.7 Å². The van der Waals surface area contributed by atoms with Gasteiger partial charge in [-0.25, -0.2) is 0 Å². The van der Waals surface area contributed by atoms with E-state index in [0.29, 0.717) is 12.1 Å². The number of hydrogen-bond acceptors (Lipinski definition) is 3. The molecule has 0 saturated carbocycles. The summed E-state index contributed by atoms with van der Waals surface area (Å²) in [5, 5.41) is 1.51. The fourth-order valence-electron chi connectivity index (χ4n) is 5.81. The third-order valence-corrected chi connectivity index (χ3v) is 15.3. The first-order valence-corrected chi connectivity index (χ1v) is 16.3. The highest BCUT2D eigenvalue weighted by Gasteiger charge is 2.49. The van der Waals surface area contributed by atoms with Gasteiger partial charge in [0.1, 0.15) is 20.4 Å². The third kappa shape index (κ3) is 3.98. The van der Waals surface area contributed by atoms with Gasteiger partial charge in [0.05, 0.1) is 0 Å². The molecule has 1 aromatic carbocycles. The van der Waals surface area contributed by atoms with Gasteiger partial charge in [-0.3, -0.25) is 0 Å². The highest BCUT2D eigenvalue weighted by molar-refractivity contribution is 7.23. The minimum atomic E-state index is -2.04. The summed E-state index contributed by atoms with van der Waals surface area (Å²) in [6, 6.07) is 12.2. The first-order valence-electron chi connectivity index (χ1n) is 12.2. The second-order valence-corrected chi connectivity index (χ2v) is 18.0. The van der Waals surface area contributed by atoms with Gasteiger partial charge in [0, 0.05) is 25.0 Å². The van der Waals surface area contributed by atoms with E-state index in [2.05, 4.69) is 86.2 Å². The minimum absolute atomic E-state index is 0.0167. The first-order chi connectivity index (χ1) is 15.6. The van der Waals surface area contributed by atoms with Crippen molar-refractivity contribution in [3.63, 3.8) is 0 Å². The lowest BCUT2D eigenvalue weighted by atomic mass is 9.85. The van der Waals surface area contributed by atoms with Crippen LogP contribution >= 0.6 is 22.7 Å². The average Bonchev–Trinajstić information content (AvgIpc) is 3.38. The van der Waals surface area contributed by atoms with E-state index >= 15 is 0 Å². The monoisotopic (exact) mass is 494 g/mol. The number of benzene rings is 1. The lowest BCUT2D eigenvalue weighted by Gasteiger charge is -2.39. The molecule has 33 heavy (non-hydrogen) atoms. The first kappa shape index (κ1) is 24.5. The van der Waals surface area contributed by atoms with Gasteiger partial charge in [-0.1, -0.05) is 77.1 Å². The molecule has 2 aromatic heterocycles. The summed E-state index contributed by atoms with van der Waals surface area (Å²) >= 11 is 3.97. The second-order valence-electron chi connectivity index (χ2n) is 10.6. The molecular formula is C29H38OS2Si. The maximum Gasteiger partial charge on any atom is 0.122 e. The Kier molecular flexibility index (Phi) is 6.58. The van der Waals surface area contributed by atoms with Crippen LogP contribution in [0.3, 0.4) is 0 Å². The molecule has 0 spiro atoms. The number of fused-ring (bicyclic) bond motifs is 3. The van der Waals surface area contributed by atoms with Crippen molar-refractivity contribution in [2.45, 2.75) is 78.4 Å². The largest absolute Gasteiger partial charge is 0.489 e. The summed E-state index contributed by atoms with van der Waals surface area (Å²) in [5.74, 6) is 1.14. The molecule has 0 radical (unpaired) electrons. The van der Waals surface area contributed by atoms with Gasteiger partial charge >= 0.3 is 0 Å². The molecule has 0 saturated heterocycles. The maximum absolute atomic E-state index is 6.58. The molecule has 1 aliphatic carbocycles. The van der Waals surface area contributed by atoms with Crippen molar-refractivity contribution in [3.05, 3.63) is 68.9 Å². The van der Waals surface area contributed by atoms with Crippen molar-refractivity contribution in [2.75, 3.05) is 6.61 Å². The smallest absolute Gasteiger partial charge is 0.122 e. The molecule has 0 fully saturated rings. The van der Waals surface area contributed by atoms with Crippen molar-refractivity contribution in [2.24, 2.45) is 0 Å². The highest BCUT2D eigenvalue weighted by Crippen LogP contribution is 2.57. The molecule has 0 aliphatic heterocycles. The molecule has 1 nitrogen and oxygen atoms in total. The number of aryl methyl sites for hydroxylation is 3. The molecule has 4 heteroatoms. The zero-order valence-electron chi connectivity index (χ0n) is 21.5. The van der Waals surface area contributed by atoms with Gasteiger partial charge in [-0.05, 0) is 60.2 Å². The molecular weight excluding hydrogens is 457 g/mol. The lowest BCUT2D eigenvalue weighted by Crippen LogP contribution is -2.53. The van der Waals surface area contributed by atoms with Gasteiger partial charge < -0.3 is 4.74 Å². The quantitative estimate of drug-likeness (QED) is 0.236. The highest BCUT2D eigenvalue weighted by atomic mass is 32.1. The van der Waals surface area contributed by atoms with E-state index in [1.807, 2.05) is 28.7 Å². The van der Waals surface area contributed by atoms with E-state index in [9.17, 15) is 0 Å². The fraction of sp³-hybridized carbons (Fsp3) is 0.448. The van der Waals surface area contributed by atoms with Gasteiger partial charge in [-0.2, -0.15) is 0 Å². The van der Waals surface area contributed by atoms with Crippen LogP contribution < -0.4 is 9.92 Å². The van der Waals surface area contributed by atoms with Gasteiger partial charge in [0.15, 0.2) is 0 Å². The summed E-state index contributed by atoms with van der Waals surface area (Å²) < 4.78 is 6.58. The SMILES string of the molecule is C=CCOc1c(C(C)(C)C)cc(C)cc1[Si](CC)(CC)C1c2cc(C)sc2-c2sc(C)cc21. The van der Waals surface area contributed by atoms with E-state index in [-0.39, 0.29) is 5.41 Å². The second kappa shape index (κ2) is 8.87. The van der Waals surface area contributed by atoms with Crippen LogP contribution in [0.2, 0.25) is 12.1 Å². The van der Waals surface area contributed by atoms with E-state index < -0.39 is 8.07 Å². The number of ether oxygens (including phenoxy) is 1. The zero-order valence-corrected chi connectivity index (χ0v) is 24.2. The van der Waals surface area contributed by atoms with Crippen molar-refractivity contribution in [1.29, 1.82) is 0 Å². The Morgan fingerprint density at radius 3 is 1.94 bits per heavy atom. The minimum Gasteiger partial charge on any atom is -0.489 e. The van der Waals surface area contributed by atoms with Crippen LogP contribution in [-0.4, -0.2) is 14.7 Å². The Hall–Kier alpha value is -1.62. The zero-order chi connectivity index (χ0) is 24.1. The van der Waals surface area contributed by atoms with E-state index in [1.54, 1.807) is 11.1 Å². The summed E-state index contributed by atoms with van der Waals surface area (Å²) in [6.45, 7) is 23.1. The standard InChI is InChI=1S/C29H38OS2Si/c1-10-13-30-25-23(29(7,8)9)14-18(4)15-24(25)33(11-2,12-3)28-21-16-19(5)31-26(21)27-22(28)17-20(6)32-27/h10,14-17,28H,1,11-13H2,2-9H3. The summed E-state index contributed by atoms with van der Waals surface area (Å²) in [5.41, 5.74) is 6.36. The van der Waals surface area contributed by atoms with Crippen LogP contribution in [0.1, 0.15) is 72.2 Å². The Morgan fingerprint density at radius 2 is 1.48 bits per heavy atom. The normalized spacial score (nSPS) is 13.8. The van der Waals surface area contributed by atoms with Crippen LogP contribution in [-0.2, 0) is 5.41 Å². The molecule has 0 bridgehead atoms. The van der Waals surface area contributed by atoms with Crippen LogP contribution in [0, 0.1) is 20.8 Å². The van der Waals surface area contributed by atoms with E-state index in [1.165, 1.54) is 47.9 Å². The summed E-state index contributed by atoms with van der Waals surface area (Å²) in [6.07, 6.45) is 1.88. The fourth-order valence-corrected chi connectivity index (χ4v) is 13.5. The van der Waals surface area contributed by atoms with Crippen molar-refractivity contribution < 1.29 is 4.74 Å². The molecule has 2 heterocycles. The van der Waals surface area contributed by atoms with E-state index in [0.717, 1.165) is 5.75 Å².